The van der Waals surface area contributed by atoms with E-state index in [4.69, 9.17) is 0 Å². The molecule has 21 heavy (non-hydrogen) atoms. The molecule has 0 unspecified atom stereocenters. The molecule has 0 aliphatic rings. The Kier molecular flexibility index (Phi) is 5.02. The lowest BCUT2D eigenvalue weighted by Crippen LogP contribution is -2.22. The van der Waals surface area contributed by atoms with E-state index in [1.165, 1.54) is 5.56 Å². The number of rotatable bonds is 4. The van der Waals surface area contributed by atoms with Gasteiger partial charge in [0, 0.05) is 10.2 Å². The normalized spacial score (nSPS) is 10.3. The molecule has 0 spiro atoms. The van der Waals surface area contributed by atoms with Gasteiger partial charge in [-0.1, -0.05) is 24.3 Å². The maximum Gasteiger partial charge on any atom is 0.243 e. The third-order valence-corrected chi connectivity index (χ3v) is 3.90. The van der Waals surface area contributed by atoms with Crippen LogP contribution in [0.15, 0.2) is 40.9 Å². The van der Waals surface area contributed by atoms with Gasteiger partial charge in [0.1, 0.15) is 0 Å². The number of nitrogens with one attached hydrogen (secondary N) is 2. The first-order valence-corrected chi connectivity index (χ1v) is 7.63. The van der Waals surface area contributed by atoms with E-state index in [1.807, 2.05) is 51.1 Å². The molecule has 0 atom stereocenters. The molecule has 1 amide bonds. The van der Waals surface area contributed by atoms with Crippen molar-refractivity contribution in [2.75, 3.05) is 17.2 Å². The first kappa shape index (κ1) is 15.6. The van der Waals surface area contributed by atoms with Crippen LogP contribution >= 0.6 is 15.9 Å². The number of amides is 1. The lowest BCUT2D eigenvalue weighted by atomic mass is 10.1. The zero-order valence-corrected chi connectivity index (χ0v) is 14.0. The monoisotopic (exact) mass is 346 g/mol. The predicted molar refractivity (Wildman–Crippen MR) is 91.9 cm³/mol. The van der Waals surface area contributed by atoms with E-state index in [1.54, 1.807) is 0 Å². The van der Waals surface area contributed by atoms with Crippen molar-refractivity contribution in [3.63, 3.8) is 0 Å². The van der Waals surface area contributed by atoms with Crippen molar-refractivity contribution in [1.82, 2.24) is 0 Å². The van der Waals surface area contributed by atoms with E-state index in [-0.39, 0.29) is 12.5 Å². The first-order chi connectivity index (χ1) is 9.97. The number of anilines is 2. The van der Waals surface area contributed by atoms with Crippen LogP contribution in [0.5, 0.6) is 0 Å². The van der Waals surface area contributed by atoms with Crippen LogP contribution in [0.3, 0.4) is 0 Å². The Morgan fingerprint density at radius 1 is 1.10 bits per heavy atom. The minimum atomic E-state index is -0.0591. The Morgan fingerprint density at radius 2 is 1.81 bits per heavy atom. The predicted octanol–water partition coefficient (Wildman–Crippen LogP) is 4.42. The lowest BCUT2D eigenvalue weighted by Gasteiger charge is -2.13. The largest absolute Gasteiger partial charge is 0.375 e. The fraction of sp³-hybridized carbons (Fsp3) is 0.235. The van der Waals surface area contributed by atoms with Gasteiger partial charge in [0.2, 0.25) is 5.91 Å². The Labute approximate surface area is 133 Å². The molecule has 0 fully saturated rings. The summed E-state index contributed by atoms with van der Waals surface area (Å²) in [6.45, 7) is 6.28. The zero-order chi connectivity index (χ0) is 15.4. The van der Waals surface area contributed by atoms with Crippen molar-refractivity contribution < 1.29 is 4.79 Å². The van der Waals surface area contributed by atoms with Crippen molar-refractivity contribution in [3.8, 4) is 0 Å². The number of carbonyl (C=O) groups excluding carboxylic acids is 1. The van der Waals surface area contributed by atoms with Crippen molar-refractivity contribution in [2.45, 2.75) is 20.8 Å². The van der Waals surface area contributed by atoms with E-state index >= 15 is 0 Å². The van der Waals surface area contributed by atoms with Crippen LogP contribution < -0.4 is 10.6 Å². The Balaban J connectivity index is 2.01. The molecule has 110 valence electrons. The van der Waals surface area contributed by atoms with Crippen LogP contribution in [-0.2, 0) is 4.79 Å². The minimum Gasteiger partial charge on any atom is -0.375 e. The van der Waals surface area contributed by atoms with Gasteiger partial charge in [-0.2, -0.15) is 0 Å². The van der Waals surface area contributed by atoms with E-state index in [0.29, 0.717) is 0 Å². The number of halogens is 1. The summed E-state index contributed by atoms with van der Waals surface area (Å²) < 4.78 is 0.976. The summed E-state index contributed by atoms with van der Waals surface area (Å²) in [6.07, 6.45) is 0. The maximum atomic E-state index is 12.0. The average Bonchev–Trinajstić information content (AvgIpc) is 2.40. The highest BCUT2D eigenvalue weighted by atomic mass is 79.9. The summed E-state index contributed by atoms with van der Waals surface area (Å²) in [6, 6.07) is 11.9. The van der Waals surface area contributed by atoms with Gasteiger partial charge in [-0.25, -0.2) is 0 Å². The van der Waals surface area contributed by atoms with Crippen LogP contribution in [0.1, 0.15) is 16.7 Å². The molecule has 2 rings (SSSR count). The van der Waals surface area contributed by atoms with Crippen LogP contribution in [0, 0.1) is 20.8 Å². The third-order valence-electron chi connectivity index (χ3n) is 3.28. The molecule has 0 bridgehead atoms. The topological polar surface area (TPSA) is 41.1 Å². The van der Waals surface area contributed by atoms with E-state index < -0.39 is 0 Å². The van der Waals surface area contributed by atoms with Crippen molar-refractivity contribution in [3.05, 3.63) is 57.6 Å². The van der Waals surface area contributed by atoms with Crippen molar-refractivity contribution in [2.24, 2.45) is 0 Å². The summed E-state index contributed by atoms with van der Waals surface area (Å²) >= 11 is 3.53. The zero-order valence-electron chi connectivity index (χ0n) is 12.5. The number of aryl methyl sites for hydroxylation is 3. The highest BCUT2D eigenvalue weighted by molar-refractivity contribution is 9.10. The van der Waals surface area contributed by atoms with Crippen LogP contribution in [0.2, 0.25) is 0 Å². The summed E-state index contributed by atoms with van der Waals surface area (Å²) in [5, 5.41) is 6.10. The molecule has 0 saturated carbocycles. The molecule has 2 N–H and O–H groups in total. The van der Waals surface area contributed by atoms with Crippen LogP contribution in [0.25, 0.3) is 0 Å². The fourth-order valence-corrected chi connectivity index (χ4v) is 3.03. The smallest absolute Gasteiger partial charge is 0.243 e. The van der Waals surface area contributed by atoms with E-state index in [2.05, 4.69) is 32.6 Å². The molecule has 4 heteroatoms. The Hall–Kier alpha value is -1.81. The third kappa shape index (κ3) is 4.08. The van der Waals surface area contributed by atoms with Crippen molar-refractivity contribution in [1.29, 1.82) is 0 Å². The standard InChI is InChI=1S/C17H19BrN2O/c1-11-8-13(3)17(14(18)9-11)19-10-16(21)20-15-7-5-4-6-12(15)2/h4-9,19H,10H2,1-3H3,(H,20,21). The molecule has 2 aromatic rings. The fourth-order valence-electron chi connectivity index (χ4n) is 2.22. The van der Waals surface area contributed by atoms with Crippen LogP contribution in [-0.4, -0.2) is 12.5 Å². The first-order valence-electron chi connectivity index (χ1n) is 6.83. The molecule has 0 heterocycles. The van der Waals surface area contributed by atoms with Gasteiger partial charge in [0.15, 0.2) is 0 Å². The molecular weight excluding hydrogens is 328 g/mol. The highest BCUT2D eigenvalue weighted by Crippen LogP contribution is 2.27. The molecule has 0 aliphatic heterocycles. The highest BCUT2D eigenvalue weighted by Gasteiger charge is 2.08. The number of benzene rings is 2. The second-order valence-corrected chi connectivity index (χ2v) is 6.01. The Bertz CT molecular complexity index is 645. The number of carbonyl (C=O) groups is 1. The molecule has 0 aromatic heterocycles. The summed E-state index contributed by atoms with van der Waals surface area (Å²) in [7, 11) is 0. The molecule has 2 aromatic carbocycles. The summed E-state index contributed by atoms with van der Waals surface area (Å²) in [4.78, 5) is 12.0. The maximum absolute atomic E-state index is 12.0. The van der Waals surface area contributed by atoms with E-state index in [0.717, 1.165) is 27.0 Å². The SMILES string of the molecule is Cc1cc(C)c(NCC(=O)Nc2ccccc2C)c(Br)c1. The summed E-state index contributed by atoms with van der Waals surface area (Å²) in [5.74, 6) is -0.0591. The summed E-state index contributed by atoms with van der Waals surface area (Å²) in [5.41, 5.74) is 5.17. The molecular formula is C17H19BrN2O. The molecule has 0 saturated heterocycles. The van der Waals surface area contributed by atoms with Gasteiger partial charge in [-0.3, -0.25) is 4.79 Å². The molecule has 0 aliphatic carbocycles. The van der Waals surface area contributed by atoms with Gasteiger partial charge < -0.3 is 10.6 Å². The van der Waals surface area contributed by atoms with Gasteiger partial charge in [0.25, 0.3) is 0 Å². The minimum absolute atomic E-state index is 0.0591. The van der Waals surface area contributed by atoms with Crippen LogP contribution in [0.4, 0.5) is 11.4 Å². The van der Waals surface area contributed by atoms with Gasteiger partial charge in [-0.15, -0.1) is 0 Å². The van der Waals surface area contributed by atoms with E-state index in [9.17, 15) is 4.79 Å². The second-order valence-electron chi connectivity index (χ2n) is 5.16. The van der Waals surface area contributed by atoms with Crippen molar-refractivity contribution >= 4 is 33.2 Å². The number of hydrogen-bond acceptors (Lipinski definition) is 2. The Morgan fingerprint density at radius 3 is 2.48 bits per heavy atom. The van der Waals surface area contributed by atoms with Gasteiger partial charge in [-0.05, 0) is 65.5 Å². The number of hydrogen-bond donors (Lipinski definition) is 2. The molecule has 0 radical (unpaired) electrons. The second kappa shape index (κ2) is 6.76. The average molecular weight is 347 g/mol. The quantitative estimate of drug-likeness (QED) is 0.859. The lowest BCUT2D eigenvalue weighted by molar-refractivity contribution is -0.114. The molecule has 3 nitrogen and oxygen atoms in total. The van der Waals surface area contributed by atoms with Gasteiger partial charge in [0.05, 0.1) is 12.2 Å². The van der Waals surface area contributed by atoms with Gasteiger partial charge >= 0.3 is 0 Å². The number of para-hydroxylation sites is 1.